The fourth-order valence-electron chi connectivity index (χ4n) is 3.39. The summed E-state index contributed by atoms with van der Waals surface area (Å²) in [5.41, 5.74) is 1.67. The molecule has 1 aliphatic rings. The molecular weight excluding hydrogens is 386 g/mol. The number of thiazole rings is 1. The highest BCUT2D eigenvalue weighted by Crippen LogP contribution is 2.23. The Hall–Kier alpha value is -2.55. The predicted octanol–water partition coefficient (Wildman–Crippen LogP) is 3.57. The van der Waals surface area contributed by atoms with Gasteiger partial charge in [-0.2, -0.15) is 0 Å². The highest BCUT2D eigenvalue weighted by Gasteiger charge is 2.16. The van der Waals surface area contributed by atoms with Gasteiger partial charge in [-0.25, -0.2) is 15.0 Å². The van der Waals surface area contributed by atoms with Gasteiger partial charge in [-0.05, 0) is 44.0 Å². The van der Waals surface area contributed by atoms with Gasteiger partial charge in [0.1, 0.15) is 16.5 Å². The summed E-state index contributed by atoms with van der Waals surface area (Å²) in [4.78, 5) is 15.4. The molecule has 29 heavy (non-hydrogen) atoms. The quantitative estimate of drug-likeness (QED) is 0.548. The molecule has 0 saturated carbocycles. The number of nitrogens with zero attached hydrogens (tertiary/aromatic N) is 4. The first-order valence-corrected chi connectivity index (χ1v) is 10.8. The highest BCUT2D eigenvalue weighted by molar-refractivity contribution is 7.13. The van der Waals surface area contributed by atoms with Crippen molar-refractivity contribution in [2.24, 2.45) is 0 Å². The number of aromatic nitrogens is 3. The van der Waals surface area contributed by atoms with Crippen molar-refractivity contribution in [2.45, 2.75) is 25.4 Å². The second kappa shape index (κ2) is 9.78. The predicted molar refractivity (Wildman–Crippen MR) is 115 cm³/mol. The minimum Gasteiger partial charge on any atom is -0.493 e. The first-order chi connectivity index (χ1) is 14.3. The van der Waals surface area contributed by atoms with E-state index < -0.39 is 0 Å². The fourth-order valence-corrected chi connectivity index (χ4v) is 4.00. The van der Waals surface area contributed by atoms with Crippen LogP contribution >= 0.6 is 11.3 Å². The Balaban J connectivity index is 1.29. The van der Waals surface area contributed by atoms with Crippen LogP contribution in [0.2, 0.25) is 0 Å². The van der Waals surface area contributed by atoms with E-state index in [1.807, 2.05) is 35.7 Å². The lowest BCUT2D eigenvalue weighted by atomic mass is 10.1. The summed E-state index contributed by atoms with van der Waals surface area (Å²) < 4.78 is 5.91. The first-order valence-electron chi connectivity index (χ1n) is 9.89. The van der Waals surface area contributed by atoms with Crippen molar-refractivity contribution < 1.29 is 9.84 Å². The van der Waals surface area contributed by atoms with E-state index in [0.717, 1.165) is 61.0 Å². The zero-order chi connectivity index (χ0) is 19.9. The molecule has 7 nitrogen and oxygen atoms in total. The van der Waals surface area contributed by atoms with Crippen LogP contribution < -0.4 is 10.1 Å². The molecule has 1 saturated heterocycles. The number of ether oxygens (including phenoxy) is 1. The normalized spacial score (nSPS) is 17.2. The van der Waals surface area contributed by atoms with Crippen LogP contribution in [0.15, 0.2) is 48.1 Å². The Morgan fingerprint density at radius 2 is 2.21 bits per heavy atom. The minimum absolute atomic E-state index is 0.177. The molecule has 4 rings (SSSR count). The summed E-state index contributed by atoms with van der Waals surface area (Å²) in [5, 5.41) is 15.8. The van der Waals surface area contributed by atoms with Crippen molar-refractivity contribution in [3.8, 4) is 16.5 Å². The Morgan fingerprint density at radius 1 is 1.24 bits per heavy atom. The van der Waals surface area contributed by atoms with Crippen LogP contribution in [0.4, 0.5) is 11.6 Å². The van der Waals surface area contributed by atoms with E-state index in [2.05, 4.69) is 25.2 Å². The molecule has 1 aromatic carbocycles. The van der Waals surface area contributed by atoms with Gasteiger partial charge in [-0.15, -0.1) is 11.3 Å². The van der Waals surface area contributed by atoms with Crippen LogP contribution in [-0.2, 0) is 0 Å². The van der Waals surface area contributed by atoms with Crippen molar-refractivity contribution in [1.29, 1.82) is 0 Å². The summed E-state index contributed by atoms with van der Waals surface area (Å²) >= 11 is 1.55. The number of hydrogen-bond donors (Lipinski definition) is 2. The van der Waals surface area contributed by atoms with Gasteiger partial charge in [0.2, 0.25) is 5.95 Å². The topological polar surface area (TPSA) is 83.4 Å². The number of aliphatic hydroxyl groups excluding tert-OH is 1. The zero-order valence-corrected chi connectivity index (χ0v) is 17.0. The Bertz CT molecular complexity index is 906. The van der Waals surface area contributed by atoms with E-state index in [4.69, 9.17) is 4.74 Å². The maximum Gasteiger partial charge on any atom is 0.227 e. The van der Waals surface area contributed by atoms with Crippen molar-refractivity contribution in [3.63, 3.8) is 0 Å². The third kappa shape index (κ3) is 5.72. The van der Waals surface area contributed by atoms with E-state index in [1.54, 1.807) is 23.7 Å². The van der Waals surface area contributed by atoms with Crippen molar-refractivity contribution >= 4 is 23.0 Å². The van der Waals surface area contributed by atoms with Crippen molar-refractivity contribution in [1.82, 2.24) is 19.9 Å². The molecule has 0 bridgehead atoms. The monoisotopic (exact) mass is 411 g/mol. The number of β-amino-alcohol motifs (C(OH)–C–C–N with tert-alkyl or cyclic N) is 1. The summed E-state index contributed by atoms with van der Waals surface area (Å²) in [6.45, 7) is 3.44. The van der Waals surface area contributed by atoms with Crippen LogP contribution in [-0.4, -0.2) is 57.3 Å². The number of piperidine rings is 1. The summed E-state index contributed by atoms with van der Waals surface area (Å²) in [6, 6.07) is 9.66. The van der Waals surface area contributed by atoms with Crippen LogP contribution in [0.25, 0.3) is 10.7 Å². The van der Waals surface area contributed by atoms with E-state index in [9.17, 15) is 5.11 Å². The van der Waals surface area contributed by atoms with Gasteiger partial charge in [-0.1, -0.05) is 6.07 Å². The van der Waals surface area contributed by atoms with E-state index in [1.165, 1.54) is 0 Å². The highest BCUT2D eigenvalue weighted by atomic mass is 32.1. The largest absolute Gasteiger partial charge is 0.493 e. The van der Waals surface area contributed by atoms with Crippen LogP contribution in [0.1, 0.15) is 19.3 Å². The molecule has 1 atom stereocenters. The molecule has 0 spiro atoms. The second-order valence-corrected chi connectivity index (χ2v) is 7.95. The van der Waals surface area contributed by atoms with E-state index >= 15 is 0 Å². The van der Waals surface area contributed by atoms with Gasteiger partial charge in [0.25, 0.3) is 0 Å². The molecule has 1 aliphatic heterocycles. The van der Waals surface area contributed by atoms with Gasteiger partial charge in [0.05, 0.1) is 12.7 Å². The SMILES string of the molecule is OC1CCCN(CCCOc2cccc(Nc3nccc(-c4nccs4)n3)c2)C1. The average molecular weight is 412 g/mol. The van der Waals surface area contributed by atoms with Gasteiger partial charge in [0, 0.05) is 42.6 Å². The third-order valence-corrected chi connectivity index (χ3v) is 5.56. The number of aliphatic hydroxyl groups is 1. The lowest BCUT2D eigenvalue weighted by Crippen LogP contribution is -2.39. The van der Waals surface area contributed by atoms with Crippen LogP contribution in [0, 0.1) is 0 Å². The van der Waals surface area contributed by atoms with Gasteiger partial charge in [-0.3, -0.25) is 0 Å². The number of nitrogens with one attached hydrogen (secondary N) is 1. The number of anilines is 2. The smallest absolute Gasteiger partial charge is 0.227 e. The molecule has 2 N–H and O–H groups in total. The fraction of sp³-hybridized carbons (Fsp3) is 0.381. The van der Waals surface area contributed by atoms with Gasteiger partial charge >= 0.3 is 0 Å². The summed E-state index contributed by atoms with van der Waals surface area (Å²) in [7, 11) is 0. The van der Waals surface area contributed by atoms with Gasteiger partial charge < -0.3 is 20.1 Å². The van der Waals surface area contributed by atoms with Crippen LogP contribution in [0.5, 0.6) is 5.75 Å². The number of benzene rings is 1. The summed E-state index contributed by atoms with van der Waals surface area (Å²) in [6.07, 6.45) is 6.24. The van der Waals surface area contributed by atoms with Gasteiger partial charge in [0.15, 0.2) is 0 Å². The Labute approximate surface area is 174 Å². The molecular formula is C21H25N5O2S. The molecule has 0 amide bonds. The van der Waals surface area contributed by atoms with Crippen molar-refractivity contribution in [3.05, 3.63) is 48.1 Å². The molecule has 8 heteroatoms. The molecule has 1 fully saturated rings. The van der Waals surface area contributed by atoms with Crippen molar-refractivity contribution in [2.75, 3.05) is 31.6 Å². The maximum absolute atomic E-state index is 9.74. The summed E-state index contributed by atoms with van der Waals surface area (Å²) in [5.74, 6) is 1.34. The maximum atomic E-state index is 9.74. The number of hydrogen-bond acceptors (Lipinski definition) is 8. The zero-order valence-electron chi connectivity index (χ0n) is 16.2. The minimum atomic E-state index is -0.177. The lowest BCUT2D eigenvalue weighted by molar-refractivity contribution is 0.0679. The Kier molecular flexibility index (Phi) is 6.66. The van der Waals surface area contributed by atoms with Crippen LogP contribution in [0.3, 0.4) is 0 Å². The molecule has 152 valence electrons. The standard InChI is InChI=1S/C21H25N5O2S/c27-17-5-2-10-26(15-17)11-3-12-28-18-6-1-4-16(14-18)24-21-23-8-7-19(25-21)20-22-9-13-29-20/h1,4,6-9,13-14,17,27H,2-3,5,10-12,15H2,(H,23,24,25). The van der Waals surface area contributed by atoms with E-state index in [0.29, 0.717) is 12.6 Å². The first kappa shape index (κ1) is 19.8. The molecule has 3 heterocycles. The molecule has 1 unspecified atom stereocenters. The molecule has 2 aromatic heterocycles. The third-order valence-electron chi connectivity index (χ3n) is 4.77. The lowest BCUT2D eigenvalue weighted by Gasteiger charge is -2.29. The molecule has 0 radical (unpaired) electrons. The Morgan fingerprint density at radius 3 is 3.07 bits per heavy atom. The second-order valence-electron chi connectivity index (χ2n) is 7.05. The van der Waals surface area contributed by atoms with E-state index in [-0.39, 0.29) is 6.10 Å². The average Bonchev–Trinajstić information content (AvgIpc) is 3.27. The number of rotatable bonds is 8. The molecule has 0 aliphatic carbocycles. The number of likely N-dealkylation sites (tertiary alicyclic amines) is 1. The molecule has 3 aromatic rings.